The zero-order valence-electron chi connectivity index (χ0n) is 18.1. The monoisotopic (exact) mass is 509 g/mol. The summed E-state index contributed by atoms with van der Waals surface area (Å²) in [4.78, 5) is 27.3. The van der Waals surface area contributed by atoms with Gasteiger partial charge in [-0.3, -0.25) is 13.9 Å². The number of nitrogens with zero attached hydrogens (tertiary/aromatic N) is 2. The van der Waals surface area contributed by atoms with Crippen LogP contribution in [0, 0.1) is 6.92 Å². The number of amides is 2. The van der Waals surface area contributed by atoms with Gasteiger partial charge in [0.05, 0.1) is 11.9 Å². The zero-order chi connectivity index (χ0) is 23.2. The summed E-state index contributed by atoms with van der Waals surface area (Å²) in [5.41, 5.74) is 2.25. The minimum Gasteiger partial charge on any atom is -0.355 e. The molecule has 2 aromatic rings. The highest BCUT2D eigenvalue weighted by Crippen LogP contribution is 2.22. The molecule has 0 saturated heterocycles. The second kappa shape index (κ2) is 10.8. The zero-order valence-corrected chi connectivity index (χ0v) is 20.5. The van der Waals surface area contributed by atoms with Crippen LogP contribution in [0.25, 0.3) is 0 Å². The minimum absolute atomic E-state index is 0.196. The standard InChI is InChI=1S/C22H28BrN3O4S/c1-5-24-22(28)17(3)25(14-18-9-7-6-8-16(18)2)21(27)15-26(31(4,29)30)20-12-10-19(23)11-13-20/h6-13,17H,5,14-15H2,1-4H3,(H,24,28)/t17-/m1/s1. The molecule has 0 aliphatic rings. The molecule has 31 heavy (non-hydrogen) atoms. The van der Waals surface area contributed by atoms with Crippen LogP contribution in [-0.2, 0) is 26.2 Å². The van der Waals surface area contributed by atoms with Gasteiger partial charge in [0, 0.05) is 17.6 Å². The van der Waals surface area contributed by atoms with Crippen molar-refractivity contribution in [1.29, 1.82) is 0 Å². The molecule has 1 N–H and O–H groups in total. The maximum absolute atomic E-state index is 13.3. The van der Waals surface area contributed by atoms with Crippen LogP contribution in [0.1, 0.15) is 25.0 Å². The van der Waals surface area contributed by atoms with Gasteiger partial charge in [-0.15, -0.1) is 0 Å². The maximum Gasteiger partial charge on any atom is 0.244 e. The quantitative estimate of drug-likeness (QED) is 0.562. The van der Waals surface area contributed by atoms with E-state index in [2.05, 4.69) is 21.2 Å². The summed E-state index contributed by atoms with van der Waals surface area (Å²) in [5.74, 6) is -0.755. The molecule has 2 rings (SSSR count). The van der Waals surface area contributed by atoms with Crippen LogP contribution in [0.4, 0.5) is 5.69 Å². The fourth-order valence-electron chi connectivity index (χ4n) is 3.10. The van der Waals surface area contributed by atoms with Crippen LogP contribution in [0.2, 0.25) is 0 Å². The summed E-state index contributed by atoms with van der Waals surface area (Å²) in [6.07, 6.45) is 1.06. The van der Waals surface area contributed by atoms with Crippen molar-refractivity contribution in [3.63, 3.8) is 0 Å². The first kappa shape index (κ1) is 24.9. The molecule has 9 heteroatoms. The summed E-state index contributed by atoms with van der Waals surface area (Å²) >= 11 is 3.33. The second-order valence-corrected chi connectivity index (χ2v) is 10.1. The Morgan fingerprint density at radius 2 is 1.71 bits per heavy atom. The van der Waals surface area contributed by atoms with Crippen molar-refractivity contribution in [3.05, 3.63) is 64.1 Å². The van der Waals surface area contributed by atoms with Crippen molar-refractivity contribution in [1.82, 2.24) is 10.2 Å². The van der Waals surface area contributed by atoms with Crippen LogP contribution in [-0.4, -0.2) is 50.5 Å². The van der Waals surface area contributed by atoms with E-state index in [9.17, 15) is 18.0 Å². The van der Waals surface area contributed by atoms with Gasteiger partial charge < -0.3 is 10.2 Å². The van der Waals surface area contributed by atoms with Crippen molar-refractivity contribution < 1.29 is 18.0 Å². The number of aryl methyl sites for hydroxylation is 1. The molecule has 0 spiro atoms. The normalized spacial score (nSPS) is 12.2. The van der Waals surface area contributed by atoms with Crippen molar-refractivity contribution >= 4 is 43.5 Å². The Morgan fingerprint density at radius 1 is 1.10 bits per heavy atom. The van der Waals surface area contributed by atoms with Crippen molar-refractivity contribution in [2.24, 2.45) is 0 Å². The van der Waals surface area contributed by atoms with Gasteiger partial charge in [-0.1, -0.05) is 40.2 Å². The number of sulfonamides is 1. The average molecular weight is 510 g/mol. The third kappa shape index (κ3) is 6.80. The number of carbonyl (C=O) groups excluding carboxylic acids is 2. The van der Waals surface area contributed by atoms with Gasteiger partial charge in [0.2, 0.25) is 21.8 Å². The van der Waals surface area contributed by atoms with Crippen molar-refractivity contribution in [2.45, 2.75) is 33.4 Å². The van der Waals surface area contributed by atoms with E-state index in [-0.39, 0.29) is 12.5 Å². The number of anilines is 1. The van der Waals surface area contributed by atoms with Crippen LogP contribution in [0.3, 0.4) is 0 Å². The Hall–Kier alpha value is -2.39. The van der Waals surface area contributed by atoms with Crippen LogP contribution in [0.15, 0.2) is 53.0 Å². The van der Waals surface area contributed by atoms with Gasteiger partial charge in [0.1, 0.15) is 12.6 Å². The molecule has 0 bridgehead atoms. The predicted molar refractivity (Wildman–Crippen MR) is 126 cm³/mol. The molecule has 168 valence electrons. The second-order valence-electron chi connectivity index (χ2n) is 7.26. The predicted octanol–water partition coefficient (Wildman–Crippen LogP) is 3.08. The number of hydrogen-bond donors (Lipinski definition) is 1. The first-order valence-corrected chi connectivity index (χ1v) is 12.5. The highest BCUT2D eigenvalue weighted by atomic mass is 79.9. The molecular formula is C22H28BrN3O4S. The fraction of sp³-hybridized carbons (Fsp3) is 0.364. The fourth-order valence-corrected chi connectivity index (χ4v) is 4.21. The van der Waals surface area contributed by atoms with E-state index in [0.29, 0.717) is 12.2 Å². The van der Waals surface area contributed by atoms with Gasteiger partial charge in [0.25, 0.3) is 0 Å². The van der Waals surface area contributed by atoms with Crippen molar-refractivity contribution in [2.75, 3.05) is 23.7 Å². The lowest BCUT2D eigenvalue weighted by Crippen LogP contribution is -2.51. The van der Waals surface area contributed by atoms with E-state index >= 15 is 0 Å². The van der Waals surface area contributed by atoms with Gasteiger partial charge in [-0.05, 0) is 56.2 Å². The SMILES string of the molecule is CCNC(=O)[C@@H](C)N(Cc1ccccc1C)C(=O)CN(c1ccc(Br)cc1)S(C)(=O)=O. The lowest BCUT2D eigenvalue weighted by molar-refractivity contribution is -0.139. The molecule has 2 aromatic carbocycles. The van der Waals surface area contributed by atoms with Crippen molar-refractivity contribution in [3.8, 4) is 0 Å². The van der Waals surface area contributed by atoms with E-state index in [1.807, 2.05) is 31.2 Å². The molecule has 0 saturated carbocycles. The molecule has 7 nitrogen and oxygen atoms in total. The number of halogens is 1. The highest BCUT2D eigenvalue weighted by Gasteiger charge is 2.30. The number of likely N-dealkylation sites (N-methyl/N-ethyl adjacent to an activating group) is 1. The van der Waals surface area contributed by atoms with Gasteiger partial charge in [0.15, 0.2) is 0 Å². The number of carbonyl (C=O) groups is 2. The number of benzene rings is 2. The first-order chi connectivity index (χ1) is 14.5. The van der Waals surface area contributed by atoms with E-state index in [0.717, 1.165) is 26.2 Å². The molecular weight excluding hydrogens is 482 g/mol. The Labute approximate surface area is 192 Å². The maximum atomic E-state index is 13.3. The lowest BCUT2D eigenvalue weighted by Gasteiger charge is -2.31. The largest absolute Gasteiger partial charge is 0.355 e. The molecule has 2 amide bonds. The molecule has 0 heterocycles. The van der Waals surface area contributed by atoms with E-state index in [1.54, 1.807) is 38.1 Å². The summed E-state index contributed by atoms with van der Waals surface area (Å²) in [5, 5.41) is 2.73. The van der Waals surface area contributed by atoms with Gasteiger partial charge in [-0.25, -0.2) is 8.42 Å². The average Bonchev–Trinajstić information content (AvgIpc) is 2.71. The highest BCUT2D eigenvalue weighted by molar-refractivity contribution is 9.10. The summed E-state index contributed by atoms with van der Waals surface area (Å²) in [7, 11) is -3.73. The molecule has 0 aliphatic carbocycles. The first-order valence-electron chi connectivity index (χ1n) is 9.89. The molecule has 1 atom stereocenters. The summed E-state index contributed by atoms with van der Waals surface area (Å²) in [6, 6.07) is 13.5. The number of nitrogens with one attached hydrogen (secondary N) is 1. The lowest BCUT2D eigenvalue weighted by atomic mass is 10.1. The topological polar surface area (TPSA) is 86.8 Å². The molecule has 0 aromatic heterocycles. The van der Waals surface area contributed by atoms with E-state index in [1.165, 1.54) is 4.90 Å². The molecule has 0 unspecified atom stereocenters. The van der Waals surface area contributed by atoms with Crippen LogP contribution < -0.4 is 9.62 Å². The molecule has 0 fully saturated rings. The summed E-state index contributed by atoms with van der Waals surface area (Å²) in [6.45, 7) is 5.60. The van der Waals surface area contributed by atoms with E-state index < -0.39 is 28.5 Å². The van der Waals surface area contributed by atoms with Gasteiger partial charge in [-0.2, -0.15) is 0 Å². The third-order valence-electron chi connectivity index (χ3n) is 4.91. The minimum atomic E-state index is -3.73. The van der Waals surface area contributed by atoms with Crippen LogP contribution >= 0.6 is 15.9 Å². The number of hydrogen-bond acceptors (Lipinski definition) is 4. The third-order valence-corrected chi connectivity index (χ3v) is 6.58. The van der Waals surface area contributed by atoms with Crippen LogP contribution in [0.5, 0.6) is 0 Å². The Morgan fingerprint density at radius 3 is 2.26 bits per heavy atom. The Kier molecular flexibility index (Phi) is 8.64. The number of rotatable bonds is 9. The van der Waals surface area contributed by atoms with Gasteiger partial charge >= 0.3 is 0 Å². The molecule has 0 radical (unpaired) electrons. The Bertz CT molecular complexity index is 1030. The Balaban J connectivity index is 2.38. The van der Waals surface area contributed by atoms with E-state index in [4.69, 9.17) is 0 Å². The summed E-state index contributed by atoms with van der Waals surface area (Å²) < 4.78 is 26.8. The molecule has 0 aliphatic heterocycles. The smallest absolute Gasteiger partial charge is 0.244 e.